The second-order valence-corrected chi connectivity index (χ2v) is 2.88. The first kappa shape index (κ1) is 11.8. The molecule has 1 rings (SSSR count). The van der Waals surface area contributed by atoms with E-state index in [0.717, 1.165) is 6.08 Å². The molecule has 0 radical (unpaired) electrons. The number of amides is 1. The van der Waals surface area contributed by atoms with E-state index < -0.39 is 11.9 Å². The van der Waals surface area contributed by atoms with Crippen LogP contribution in [0.5, 0.6) is 0 Å². The Kier molecular flexibility index (Phi) is 4.14. The second-order valence-electron chi connectivity index (χ2n) is 2.88. The number of methoxy groups -OCH3 is 1. The molecule has 0 aromatic carbocycles. The van der Waals surface area contributed by atoms with E-state index in [1.807, 2.05) is 0 Å². The molecule has 0 spiro atoms. The molecule has 0 aliphatic rings. The molecular formula is C10H12N2O4. The van der Waals surface area contributed by atoms with Gasteiger partial charge in [-0.1, -0.05) is 0 Å². The lowest BCUT2D eigenvalue weighted by molar-refractivity contribution is -0.135. The van der Waals surface area contributed by atoms with Gasteiger partial charge in [0.1, 0.15) is 11.5 Å². The van der Waals surface area contributed by atoms with Crippen molar-refractivity contribution in [1.29, 1.82) is 0 Å². The van der Waals surface area contributed by atoms with Crippen LogP contribution >= 0.6 is 0 Å². The van der Waals surface area contributed by atoms with Gasteiger partial charge in [-0.3, -0.25) is 4.79 Å². The lowest BCUT2D eigenvalue weighted by Gasteiger charge is -2.02. The lowest BCUT2D eigenvalue weighted by atomic mass is 10.3. The Morgan fingerprint density at radius 3 is 2.94 bits per heavy atom. The van der Waals surface area contributed by atoms with Gasteiger partial charge in [-0.05, 0) is 12.1 Å². The minimum atomic E-state index is -0.675. The topological polar surface area (TPSA) is 94.6 Å². The fraction of sp³-hybridized carbons (Fsp3) is 0.200. The molecule has 6 nitrogen and oxygen atoms in total. The van der Waals surface area contributed by atoms with Crippen LogP contribution in [-0.4, -0.2) is 19.0 Å². The molecule has 6 heteroatoms. The van der Waals surface area contributed by atoms with Gasteiger partial charge in [-0.2, -0.15) is 0 Å². The van der Waals surface area contributed by atoms with Crippen molar-refractivity contribution in [2.75, 3.05) is 7.11 Å². The third-order valence-corrected chi connectivity index (χ3v) is 1.74. The zero-order chi connectivity index (χ0) is 12.0. The molecule has 0 aliphatic heterocycles. The van der Waals surface area contributed by atoms with Gasteiger partial charge in [0, 0.05) is 0 Å². The summed E-state index contributed by atoms with van der Waals surface area (Å²) in [7, 11) is 1.20. The van der Waals surface area contributed by atoms with Crippen LogP contribution in [0.4, 0.5) is 0 Å². The zero-order valence-electron chi connectivity index (χ0n) is 8.73. The van der Waals surface area contributed by atoms with Gasteiger partial charge in [0.15, 0.2) is 0 Å². The Bertz CT molecular complexity index is 395. The highest BCUT2D eigenvalue weighted by Gasteiger charge is 2.07. The molecule has 86 valence electrons. The van der Waals surface area contributed by atoms with Crippen LogP contribution in [0.25, 0.3) is 0 Å². The maximum absolute atomic E-state index is 11.3. The smallest absolute Gasteiger partial charge is 0.332 e. The number of furan rings is 1. The number of nitrogens with one attached hydrogen (secondary N) is 1. The highest BCUT2D eigenvalue weighted by Crippen LogP contribution is 1.98. The number of carbonyl (C=O) groups excluding carboxylic acids is 2. The Morgan fingerprint density at radius 1 is 1.62 bits per heavy atom. The van der Waals surface area contributed by atoms with Gasteiger partial charge in [0.25, 0.3) is 5.91 Å². The molecule has 0 bridgehead atoms. The number of nitrogens with two attached hydrogens (primary N) is 1. The highest BCUT2D eigenvalue weighted by molar-refractivity contribution is 5.98. The predicted molar refractivity (Wildman–Crippen MR) is 54.8 cm³/mol. The quantitative estimate of drug-likeness (QED) is 0.550. The van der Waals surface area contributed by atoms with Crippen LogP contribution in [-0.2, 0) is 20.9 Å². The van der Waals surface area contributed by atoms with E-state index in [4.69, 9.17) is 10.2 Å². The minimum Gasteiger partial charge on any atom is -0.467 e. The maximum atomic E-state index is 11.3. The van der Waals surface area contributed by atoms with Crippen LogP contribution < -0.4 is 11.1 Å². The average Bonchev–Trinajstić information content (AvgIpc) is 2.78. The number of esters is 1. The van der Waals surface area contributed by atoms with Crippen LogP contribution in [0.15, 0.2) is 34.6 Å². The summed E-state index contributed by atoms with van der Waals surface area (Å²) in [6.45, 7) is 0.210. The summed E-state index contributed by atoms with van der Waals surface area (Å²) in [6, 6.07) is 3.41. The standard InChI is InChI=1S/C10H12N2O4/c1-15-9(13)5-8(11)10(14)12-6-7-3-2-4-16-7/h2-5H,6,11H2,1H3,(H,12,14). The van der Waals surface area contributed by atoms with Crippen molar-refractivity contribution >= 4 is 11.9 Å². The van der Waals surface area contributed by atoms with Gasteiger partial charge in [0.05, 0.1) is 26.0 Å². The van der Waals surface area contributed by atoms with Crippen molar-refractivity contribution in [3.63, 3.8) is 0 Å². The summed E-state index contributed by atoms with van der Waals surface area (Å²) in [5.74, 6) is -0.633. The summed E-state index contributed by atoms with van der Waals surface area (Å²) in [5.41, 5.74) is 5.14. The number of ether oxygens (including phenoxy) is 1. The fourth-order valence-electron chi connectivity index (χ4n) is 0.934. The maximum Gasteiger partial charge on any atom is 0.332 e. The minimum absolute atomic E-state index is 0.210. The molecule has 0 unspecified atom stereocenters. The van der Waals surface area contributed by atoms with Crippen molar-refractivity contribution in [2.24, 2.45) is 5.73 Å². The Hall–Kier alpha value is -2.24. The highest BCUT2D eigenvalue weighted by atomic mass is 16.5. The van der Waals surface area contributed by atoms with Gasteiger partial charge in [-0.25, -0.2) is 4.79 Å². The molecule has 1 heterocycles. The van der Waals surface area contributed by atoms with E-state index in [2.05, 4.69) is 10.1 Å². The first-order chi connectivity index (χ1) is 7.63. The molecule has 3 N–H and O–H groups in total. The average molecular weight is 224 g/mol. The summed E-state index contributed by atoms with van der Waals surface area (Å²) >= 11 is 0. The normalized spacial score (nSPS) is 10.9. The van der Waals surface area contributed by atoms with Crippen molar-refractivity contribution in [1.82, 2.24) is 5.32 Å². The number of hydrogen-bond donors (Lipinski definition) is 2. The van der Waals surface area contributed by atoms with Gasteiger partial charge in [0.2, 0.25) is 0 Å². The molecule has 16 heavy (non-hydrogen) atoms. The molecule has 0 saturated heterocycles. The van der Waals surface area contributed by atoms with Crippen LogP contribution in [0.3, 0.4) is 0 Å². The molecule has 0 aliphatic carbocycles. The van der Waals surface area contributed by atoms with E-state index in [1.165, 1.54) is 13.4 Å². The number of hydrogen-bond acceptors (Lipinski definition) is 5. The molecule has 0 atom stereocenters. The van der Waals surface area contributed by atoms with Crippen LogP contribution in [0.1, 0.15) is 5.76 Å². The van der Waals surface area contributed by atoms with Crippen molar-refractivity contribution in [3.05, 3.63) is 35.9 Å². The first-order valence-corrected chi connectivity index (χ1v) is 4.49. The zero-order valence-corrected chi connectivity index (χ0v) is 8.73. The SMILES string of the molecule is COC(=O)C=C(N)C(=O)NCc1ccco1. The van der Waals surface area contributed by atoms with Gasteiger partial charge >= 0.3 is 5.97 Å². The summed E-state index contributed by atoms with van der Waals surface area (Å²) in [5, 5.41) is 2.48. The molecule has 0 saturated carbocycles. The molecule has 1 aromatic rings. The monoisotopic (exact) mass is 224 g/mol. The second kappa shape index (κ2) is 5.59. The predicted octanol–water partition coefficient (Wildman–Crippen LogP) is -0.0886. The van der Waals surface area contributed by atoms with Crippen molar-refractivity contribution in [3.8, 4) is 0 Å². The third-order valence-electron chi connectivity index (χ3n) is 1.74. The Labute approximate surface area is 92.1 Å². The summed E-state index contributed by atoms with van der Waals surface area (Å²) in [4.78, 5) is 22.1. The number of rotatable bonds is 4. The molecular weight excluding hydrogens is 212 g/mol. The van der Waals surface area contributed by atoms with E-state index >= 15 is 0 Å². The fourth-order valence-corrected chi connectivity index (χ4v) is 0.934. The third kappa shape index (κ3) is 3.49. The van der Waals surface area contributed by atoms with Gasteiger partial charge < -0.3 is 20.2 Å². The van der Waals surface area contributed by atoms with Crippen molar-refractivity contribution in [2.45, 2.75) is 6.54 Å². The summed E-state index contributed by atoms with van der Waals surface area (Å²) < 4.78 is 9.33. The first-order valence-electron chi connectivity index (χ1n) is 4.49. The molecule has 1 aromatic heterocycles. The largest absolute Gasteiger partial charge is 0.467 e. The lowest BCUT2D eigenvalue weighted by Crippen LogP contribution is -2.28. The van der Waals surface area contributed by atoms with Crippen LogP contribution in [0, 0.1) is 0 Å². The van der Waals surface area contributed by atoms with E-state index in [9.17, 15) is 9.59 Å². The summed E-state index contributed by atoms with van der Waals surface area (Å²) in [6.07, 6.45) is 2.41. The van der Waals surface area contributed by atoms with E-state index in [-0.39, 0.29) is 12.2 Å². The van der Waals surface area contributed by atoms with Gasteiger partial charge in [-0.15, -0.1) is 0 Å². The van der Waals surface area contributed by atoms with E-state index in [1.54, 1.807) is 12.1 Å². The van der Waals surface area contributed by atoms with E-state index in [0.29, 0.717) is 5.76 Å². The molecule has 1 amide bonds. The van der Waals surface area contributed by atoms with Crippen LogP contribution in [0.2, 0.25) is 0 Å². The Balaban J connectivity index is 2.46. The number of carbonyl (C=O) groups is 2. The molecule has 0 fully saturated rings. The van der Waals surface area contributed by atoms with Crippen molar-refractivity contribution < 1.29 is 18.7 Å². The Morgan fingerprint density at radius 2 is 2.38 bits per heavy atom.